The average molecular weight is 415 g/mol. The van der Waals surface area contributed by atoms with E-state index < -0.39 is 36.6 Å². The smallest absolute Gasteiger partial charge is 0.330 e. The molecule has 0 aliphatic carbocycles. The second-order valence-corrected chi connectivity index (χ2v) is 8.84. The van der Waals surface area contributed by atoms with Crippen LogP contribution in [0.4, 0.5) is 0 Å². The van der Waals surface area contributed by atoms with Crippen LogP contribution >= 0.6 is 0 Å². The molecule has 0 spiro atoms. The van der Waals surface area contributed by atoms with Crippen molar-refractivity contribution >= 4 is 10.9 Å². The molecule has 8 nitrogen and oxygen atoms in total. The number of hydrogen-bond donors (Lipinski definition) is 3. The molecule has 0 fully saturated rings. The summed E-state index contributed by atoms with van der Waals surface area (Å²) in [5.74, 6) is 0. The van der Waals surface area contributed by atoms with E-state index in [1.165, 1.54) is 22.4 Å². The molecular weight excluding hydrogens is 386 g/mol. The van der Waals surface area contributed by atoms with E-state index >= 15 is 0 Å². The Bertz CT molecular complexity index is 1180. The third kappa shape index (κ3) is 3.21. The van der Waals surface area contributed by atoms with Gasteiger partial charge >= 0.3 is 5.69 Å². The van der Waals surface area contributed by atoms with Crippen LogP contribution in [0, 0.1) is 0 Å². The van der Waals surface area contributed by atoms with Gasteiger partial charge in [0.15, 0.2) is 0 Å². The van der Waals surface area contributed by atoms with Crippen molar-refractivity contribution in [3.05, 3.63) is 56.9 Å². The van der Waals surface area contributed by atoms with Gasteiger partial charge in [-0.15, -0.1) is 0 Å². The fraction of sp³-hybridized carbons (Fsp3) is 0.455. The number of rotatable bonds is 5. The van der Waals surface area contributed by atoms with Crippen molar-refractivity contribution < 1.29 is 15.3 Å². The molecule has 162 valence electrons. The van der Waals surface area contributed by atoms with E-state index in [0.717, 1.165) is 10.1 Å². The molecular formula is C22H29N3O5. The van der Waals surface area contributed by atoms with Gasteiger partial charge in [0.05, 0.1) is 36.4 Å². The fourth-order valence-electron chi connectivity index (χ4n) is 3.71. The molecule has 3 rings (SSSR count). The van der Waals surface area contributed by atoms with Crippen LogP contribution in [0.25, 0.3) is 22.2 Å². The summed E-state index contributed by atoms with van der Waals surface area (Å²) in [5.41, 5.74) is 0.0919. The molecule has 0 bridgehead atoms. The quantitative estimate of drug-likeness (QED) is 0.568. The molecule has 0 saturated heterocycles. The van der Waals surface area contributed by atoms with E-state index in [1.54, 1.807) is 7.05 Å². The number of aliphatic hydroxyl groups is 3. The number of hydrogen-bond acceptors (Lipinski definition) is 5. The van der Waals surface area contributed by atoms with Gasteiger partial charge in [0.1, 0.15) is 5.54 Å². The normalized spacial score (nSPS) is 12.7. The maximum absolute atomic E-state index is 13.1. The van der Waals surface area contributed by atoms with Crippen LogP contribution in [0.2, 0.25) is 0 Å². The van der Waals surface area contributed by atoms with Crippen LogP contribution in [0.15, 0.2) is 40.1 Å². The summed E-state index contributed by atoms with van der Waals surface area (Å²) in [6.07, 6.45) is 1.54. The van der Waals surface area contributed by atoms with Crippen LogP contribution in [0.1, 0.15) is 26.3 Å². The monoisotopic (exact) mass is 415 g/mol. The van der Waals surface area contributed by atoms with Crippen molar-refractivity contribution in [1.29, 1.82) is 0 Å². The molecule has 3 aromatic rings. The molecule has 3 N–H and O–H groups in total. The van der Waals surface area contributed by atoms with Gasteiger partial charge in [-0.2, -0.15) is 0 Å². The average Bonchev–Trinajstić information content (AvgIpc) is 3.13. The second-order valence-electron chi connectivity index (χ2n) is 8.84. The maximum Gasteiger partial charge on any atom is 0.330 e. The highest BCUT2D eigenvalue weighted by Gasteiger charge is 2.34. The summed E-state index contributed by atoms with van der Waals surface area (Å²) >= 11 is 0. The highest BCUT2D eigenvalue weighted by atomic mass is 16.3. The molecule has 0 radical (unpaired) electrons. The highest BCUT2D eigenvalue weighted by Crippen LogP contribution is 2.34. The zero-order valence-electron chi connectivity index (χ0n) is 18.0. The summed E-state index contributed by atoms with van der Waals surface area (Å²) in [4.78, 5) is 25.5. The van der Waals surface area contributed by atoms with Crippen molar-refractivity contribution in [2.75, 3.05) is 19.8 Å². The van der Waals surface area contributed by atoms with Crippen LogP contribution in [-0.2, 0) is 25.0 Å². The third-order valence-electron chi connectivity index (χ3n) is 5.86. The third-order valence-corrected chi connectivity index (χ3v) is 5.86. The Morgan fingerprint density at radius 1 is 0.867 bits per heavy atom. The predicted molar refractivity (Wildman–Crippen MR) is 116 cm³/mol. The van der Waals surface area contributed by atoms with E-state index in [1.807, 2.05) is 24.3 Å². The van der Waals surface area contributed by atoms with Crippen molar-refractivity contribution in [2.24, 2.45) is 14.1 Å². The van der Waals surface area contributed by atoms with E-state index in [2.05, 4.69) is 20.8 Å². The van der Waals surface area contributed by atoms with Gasteiger partial charge in [0.25, 0.3) is 5.56 Å². The van der Waals surface area contributed by atoms with Crippen molar-refractivity contribution in [1.82, 2.24) is 13.7 Å². The Morgan fingerprint density at radius 2 is 1.40 bits per heavy atom. The molecule has 0 aliphatic heterocycles. The molecule has 2 heterocycles. The zero-order chi connectivity index (χ0) is 22.4. The van der Waals surface area contributed by atoms with E-state index in [4.69, 9.17) is 0 Å². The first-order valence-corrected chi connectivity index (χ1v) is 9.77. The lowest BCUT2D eigenvalue weighted by atomic mass is 9.86. The molecule has 0 saturated carbocycles. The standard InChI is InChI=1S/C22H29N3O5/c1-21(2,3)15-8-6-14(7-9-15)18-17-16(23(4)20(30)24(5)19(17)29)10-25(18)22(11-26,12-27)13-28/h6-10,26-28H,11-13H2,1-5H3. The van der Waals surface area contributed by atoms with Gasteiger partial charge < -0.3 is 19.9 Å². The number of aryl methyl sites for hydroxylation is 1. The molecule has 0 atom stereocenters. The highest BCUT2D eigenvalue weighted by molar-refractivity contribution is 5.94. The predicted octanol–water partition coefficient (Wildman–Crippen LogP) is 0.675. The minimum atomic E-state index is -1.45. The number of aliphatic hydroxyl groups excluding tert-OH is 3. The lowest BCUT2D eigenvalue weighted by Crippen LogP contribution is -2.44. The van der Waals surface area contributed by atoms with E-state index in [0.29, 0.717) is 16.8 Å². The number of aromatic nitrogens is 3. The Labute approximate surface area is 174 Å². The molecule has 8 heteroatoms. The zero-order valence-corrected chi connectivity index (χ0v) is 18.0. The van der Waals surface area contributed by atoms with Gasteiger partial charge in [-0.05, 0) is 16.5 Å². The largest absolute Gasteiger partial charge is 0.394 e. The molecule has 30 heavy (non-hydrogen) atoms. The van der Waals surface area contributed by atoms with Crippen LogP contribution < -0.4 is 11.2 Å². The minimum absolute atomic E-state index is 0.0618. The van der Waals surface area contributed by atoms with Crippen LogP contribution in [0.3, 0.4) is 0 Å². The van der Waals surface area contributed by atoms with Gasteiger partial charge in [0.2, 0.25) is 0 Å². The van der Waals surface area contributed by atoms with Crippen molar-refractivity contribution in [2.45, 2.75) is 31.7 Å². The Morgan fingerprint density at radius 3 is 1.87 bits per heavy atom. The number of fused-ring (bicyclic) bond motifs is 1. The van der Waals surface area contributed by atoms with Gasteiger partial charge in [-0.3, -0.25) is 13.9 Å². The van der Waals surface area contributed by atoms with E-state index in [-0.39, 0.29) is 10.8 Å². The SMILES string of the molecule is Cn1c(=O)c2c(-c3ccc(C(C)(C)C)cc3)n(C(CO)(CO)CO)cc2n(C)c1=O. The minimum Gasteiger partial charge on any atom is -0.394 e. The molecule has 0 unspecified atom stereocenters. The maximum atomic E-state index is 13.1. The molecule has 1 aromatic carbocycles. The summed E-state index contributed by atoms with van der Waals surface area (Å²) < 4.78 is 3.89. The summed E-state index contributed by atoms with van der Waals surface area (Å²) in [5, 5.41) is 30.4. The first-order chi connectivity index (χ1) is 14.0. The van der Waals surface area contributed by atoms with E-state index in [9.17, 15) is 24.9 Å². The second kappa shape index (κ2) is 7.54. The van der Waals surface area contributed by atoms with Crippen LogP contribution in [0.5, 0.6) is 0 Å². The van der Waals surface area contributed by atoms with Gasteiger partial charge in [0, 0.05) is 20.3 Å². The topological polar surface area (TPSA) is 110 Å². The Balaban J connectivity index is 2.48. The first-order valence-electron chi connectivity index (χ1n) is 9.77. The van der Waals surface area contributed by atoms with Gasteiger partial charge in [-0.25, -0.2) is 4.79 Å². The van der Waals surface area contributed by atoms with Crippen molar-refractivity contribution in [3.63, 3.8) is 0 Å². The Kier molecular flexibility index (Phi) is 5.53. The fourth-order valence-corrected chi connectivity index (χ4v) is 3.71. The lowest BCUT2D eigenvalue weighted by Gasteiger charge is -2.31. The lowest BCUT2D eigenvalue weighted by molar-refractivity contribution is 0.0168. The van der Waals surface area contributed by atoms with Crippen LogP contribution in [-0.4, -0.2) is 48.8 Å². The molecule has 2 aromatic heterocycles. The number of benzene rings is 1. The first kappa shape index (κ1) is 22.0. The summed E-state index contributed by atoms with van der Waals surface area (Å²) in [6.45, 7) is 4.63. The van der Waals surface area contributed by atoms with Crippen molar-refractivity contribution in [3.8, 4) is 11.3 Å². The molecule has 0 amide bonds. The molecule has 0 aliphatic rings. The van der Waals surface area contributed by atoms with Gasteiger partial charge in [-0.1, -0.05) is 45.0 Å². The summed E-state index contributed by atoms with van der Waals surface area (Å²) in [6, 6.07) is 7.66. The number of nitrogens with zero attached hydrogens (tertiary/aromatic N) is 3. The summed E-state index contributed by atoms with van der Waals surface area (Å²) in [7, 11) is 2.96. The Hall–Kier alpha value is -2.68.